The first kappa shape index (κ1) is 17.4. The van der Waals surface area contributed by atoms with Gasteiger partial charge in [-0.1, -0.05) is 12.1 Å². The van der Waals surface area contributed by atoms with E-state index in [1.54, 1.807) is 4.72 Å². The van der Waals surface area contributed by atoms with Crippen molar-refractivity contribution in [1.29, 1.82) is 0 Å². The molecule has 0 aliphatic carbocycles. The van der Waals surface area contributed by atoms with E-state index >= 15 is 0 Å². The Labute approximate surface area is 118 Å². The lowest BCUT2D eigenvalue weighted by atomic mass is 10.2. The van der Waals surface area contributed by atoms with E-state index < -0.39 is 45.3 Å². The Hall–Kier alpha value is -1.65. The van der Waals surface area contributed by atoms with Crippen LogP contribution in [0.4, 0.5) is 13.2 Å². The molecule has 0 radical (unpaired) electrons. The van der Waals surface area contributed by atoms with Crippen molar-refractivity contribution >= 4 is 16.0 Å². The van der Waals surface area contributed by atoms with Gasteiger partial charge in [-0.2, -0.15) is 13.2 Å². The average Bonchev–Trinajstić information content (AvgIpc) is 2.38. The van der Waals surface area contributed by atoms with Crippen LogP contribution in [0.2, 0.25) is 0 Å². The van der Waals surface area contributed by atoms with Crippen molar-refractivity contribution in [3.63, 3.8) is 0 Å². The number of nitrogens with one attached hydrogen (secondary N) is 1. The van der Waals surface area contributed by atoms with Gasteiger partial charge < -0.3 is 9.84 Å². The topological polar surface area (TPSA) is 92.7 Å². The SMILES string of the molecule is COC(CNS(=O)(=O)c1ccccc1C(F)(F)F)C(=O)O. The van der Waals surface area contributed by atoms with Crippen molar-refractivity contribution in [2.45, 2.75) is 17.2 Å². The molecule has 0 aromatic heterocycles. The summed E-state index contributed by atoms with van der Waals surface area (Å²) in [5, 5.41) is 8.68. The minimum absolute atomic E-state index is 0.625. The second kappa shape index (κ2) is 6.41. The highest BCUT2D eigenvalue weighted by Gasteiger charge is 2.37. The summed E-state index contributed by atoms with van der Waals surface area (Å²) >= 11 is 0. The summed E-state index contributed by atoms with van der Waals surface area (Å²) in [7, 11) is -3.49. The van der Waals surface area contributed by atoms with Gasteiger partial charge in [0, 0.05) is 13.7 Å². The summed E-state index contributed by atoms with van der Waals surface area (Å²) in [5.41, 5.74) is -1.33. The van der Waals surface area contributed by atoms with Crippen LogP contribution in [-0.4, -0.2) is 39.3 Å². The maximum atomic E-state index is 12.8. The van der Waals surface area contributed by atoms with Gasteiger partial charge in [0.05, 0.1) is 10.5 Å². The minimum Gasteiger partial charge on any atom is -0.479 e. The molecule has 0 fully saturated rings. The number of carbonyl (C=O) groups is 1. The third-order valence-electron chi connectivity index (χ3n) is 2.50. The summed E-state index contributed by atoms with van der Waals surface area (Å²) in [6, 6.07) is 3.60. The molecule has 10 heteroatoms. The normalized spacial score (nSPS) is 13.9. The van der Waals surface area contributed by atoms with Crippen LogP contribution in [0, 0.1) is 0 Å². The lowest BCUT2D eigenvalue weighted by Gasteiger charge is -2.15. The van der Waals surface area contributed by atoms with Crippen LogP contribution in [0.15, 0.2) is 29.2 Å². The summed E-state index contributed by atoms with van der Waals surface area (Å²) < 4.78 is 68.3. The predicted molar refractivity (Wildman–Crippen MR) is 65.1 cm³/mol. The molecule has 0 aliphatic heterocycles. The molecule has 1 rings (SSSR count). The molecule has 1 atom stereocenters. The predicted octanol–water partition coefficient (Wildman–Crippen LogP) is 1.08. The van der Waals surface area contributed by atoms with E-state index in [9.17, 15) is 26.4 Å². The molecule has 118 valence electrons. The summed E-state index contributed by atoms with van der Waals surface area (Å²) in [6.45, 7) is -0.694. The molecule has 0 saturated heterocycles. The summed E-state index contributed by atoms with van der Waals surface area (Å²) in [6.07, 6.45) is -6.35. The molecule has 0 heterocycles. The van der Waals surface area contributed by atoms with Crippen molar-refractivity contribution < 1.29 is 36.2 Å². The molecular formula is C11H12F3NO5S. The second-order valence-corrected chi connectivity index (χ2v) is 5.64. The fraction of sp³-hybridized carbons (Fsp3) is 0.364. The van der Waals surface area contributed by atoms with E-state index in [1.807, 2.05) is 0 Å². The zero-order valence-electron chi connectivity index (χ0n) is 10.7. The van der Waals surface area contributed by atoms with Crippen molar-refractivity contribution in [2.75, 3.05) is 13.7 Å². The number of carboxylic acid groups (broad SMARTS) is 1. The number of carboxylic acids is 1. The molecule has 1 unspecified atom stereocenters. The van der Waals surface area contributed by atoms with Crippen molar-refractivity contribution in [1.82, 2.24) is 4.72 Å². The van der Waals surface area contributed by atoms with Gasteiger partial charge in [-0.05, 0) is 12.1 Å². The average molecular weight is 327 g/mol. The van der Waals surface area contributed by atoms with E-state index in [2.05, 4.69) is 4.74 Å². The van der Waals surface area contributed by atoms with Crippen LogP contribution in [0.1, 0.15) is 5.56 Å². The number of methoxy groups -OCH3 is 1. The molecule has 0 aliphatic rings. The van der Waals surface area contributed by atoms with Crippen LogP contribution in [0.3, 0.4) is 0 Å². The number of ether oxygens (including phenoxy) is 1. The maximum absolute atomic E-state index is 12.8. The number of hydrogen-bond acceptors (Lipinski definition) is 4. The Bertz CT molecular complexity index is 615. The van der Waals surface area contributed by atoms with E-state index in [0.717, 1.165) is 25.3 Å². The quantitative estimate of drug-likeness (QED) is 0.816. The van der Waals surface area contributed by atoms with Crippen LogP contribution in [-0.2, 0) is 25.7 Å². The molecule has 21 heavy (non-hydrogen) atoms. The van der Waals surface area contributed by atoms with E-state index in [-0.39, 0.29) is 0 Å². The lowest BCUT2D eigenvalue weighted by Crippen LogP contribution is -2.38. The zero-order chi connectivity index (χ0) is 16.3. The first-order chi connectivity index (χ1) is 9.59. The van der Waals surface area contributed by atoms with Gasteiger partial charge in [0.1, 0.15) is 0 Å². The monoisotopic (exact) mass is 327 g/mol. The molecule has 0 spiro atoms. The first-order valence-electron chi connectivity index (χ1n) is 5.51. The molecule has 0 saturated carbocycles. The number of sulfonamides is 1. The summed E-state index contributed by atoms with van der Waals surface area (Å²) in [5.74, 6) is -1.44. The van der Waals surface area contributed by atoms with Gasteiger partial charge in [-0.25, -0.2) is 17.9 Å². The lowest BCUT2D eigenvalue weighted by molar-refractivity contribution is -0.148. The molecule has 0 bridgehead atoms. The molecule has 0 amide bonds. The van der Waals surface area contributed by atoms with Gasteiger partial charge in [0.25, 0.3) is 0 Å². The van der Waals surface area contributed by atoms with Crippen molar-refractivity contribution in [3.05, 3.63) is 29.8 Å². The Morgan fingerprint density at radius 3 is 2.43 bits per heavy atom. The van der Waals surface area contributed by atoms with Crippen LogP contribution < -0.4 is 4.72 Å². The van der Waals surface area contributed by atoms with E-state index in [4.69, 9.17) is 5.11 Å². The zero-order valence-corrected chi connectivity index (χ0v) is 11.5. The highest BCUT2D eigenvalue weighted by molar-refractivity contribution is 7.89. The number of rotatable bonds is 6. The highest BCUT2D eigenvalue weighted by Crippen LogP contribution is 2.33. The van der Waals surface area contributed by atoms with Crippen LogP contribution in [0.25, 0.3) is 0 Å². The fourth-order valence-electron chi connectivity index (χ4n) is 1.47. The smallest absolute Gasteiger partial charge is 0.417 e. The summed E-state index contributed by atoms with van der Waals surface area (Å²) in [4.78, 5) is 9.70. The largest absolute Gasteiger partial charge is 0.479 e. The Morgan fingerprint density at radius 1 is 1.38 bits per heavy atom. The maximum Gasteiger partial charge on any atom is 0.417 e. The number of aliphatic carboxylic acids is 1. The fourth-order valence-corrected chi connectivity index (χ4v) is 2.73. The molecule has 1 aromatic rings. The Morgan fingerprint density at radius 2 is 1.95 bits per heavy atom. The Kier molecular flexibility index (Phi) is 5.31. The van der Waals surface area contributed by atoms with Gasteiger partial charge in [0.15, 0.2) is 6.10 Å². The first-order valence-corrected chi connectivity index (χ1v) is 6.99. The van der Waals surface area contributed by atoms with E-state index in [0.29, 0.717) is 6.07 Å². The molecule has 2 N–H and O–H groups in total. The van der Waals surface area contributed by atoms with Gasteiger partial charge in [-0.3, -0.25) is 0 Å². The van der Waals surface area contributed by atoms with E-state index in [1.165, 1.54) is 0 Å². The number of hydrogen-bond donors (Lipinski definition) is 2. The molecular weight excluding hydrogens is 315 g/mol. The van der Waals surface area contributed by atoms with Crippen LogP contribution >= 0.6 is 0 Å². The van der Waals surface area contributed by atoms with Crippen LogP contribution in [0.5, 0.6) is 0 Å². The molecule has 1 aromatic carbocycles. The highest BCUT2D eigenvalue weighted by atomic mass is 32.2. The molecule has 6 nitrogen and oxygen atoms in total. The Balaban J connectivity index is 3.07. The van der Waals surface area contributed by atoms with Gasteiger partial charge >= 0.3 is 12.1 Å². The van der Waals surface area contributed by atoms with Crippen molar-refractivity contribution in [2.24, 2.45) is 0 Å². The number of alkyl halides is 3. The van der Waals surface area contributed by atoms with Crippen molar-refractivity contribution in [3.8, 4) is 0 Å². The standard InChI is InChI=1S/C11H12F3NO5S/c1-20-8(10(16)17)6-15-21(18,19)9-5-3-2-4-7(9)11(12,13)14/h2-5,8,15H,6H2,1H3,(H,16,17). The van der Waals surface area contributed by atoms with Gasteiger partial charge in [-0.15, -0.1) is 0 Å². The third kappa shape index (κ3) is 4.41. The minimum atomic E-state index is -4.85. The van der Waals surface area contributed by atoms with Gasteiger partial charge in [0.2, 0.25) is 10.0 Å². The third-order valence-corrected chi connectivity index (χ3v) is 3.98. The number of benzene rings is 1. The number of halogens is 3. The second-order valence-electron chi connectivity index (χ2n) is 3.91.